The van der Waals surface area contributed by atoms with Crippen molar-refractivity contribution in [1.29, 1.82) is 0 Å². The number of aliphatic imine (C=N–C) groups is 1. The normalized spacial score (nSPS) is 15.5. The fraction of sp³-hybridized carbons (Fsp3) is 0.111. The van der Waals surface area contributed by atoms with E-state index < -0.39 is 5.97 Å². The molecule has 2 aromatic carbocycles. The number of carbonyl (C=O) groups excluding carboxylic acids is 1. The number of rotatable bonds is 3. The maximum Gasteiger partial charge on any atom is 0.363 e. The van der Waals surface area contributed by atoms with Crippen LogP contribution in [0.25, 0.3) is 6.08 Å². The van der Waals surface area contributed by atoms with E-state index in [0.717, 1.165) is 15.6 Å². The Balaban J connectivity index is 1.93. The van der Waals surface area contributed by atoms with Crippen molar-refractivity contribution in [2.24, 2.45) is 4.99 Å². The molecular formula is C18H14BrNO3. The number of hydrogen-bond donors (Lipinski definition) is 0. The van der Waals surface area contributed by atoms with Crippen LogP contribution >= 0.6 is 15.9 Å². The summed E-state index contributed by atoms with van der Waals surface area (Å²) in [6.45, 7) is 2.01. The molecule has 0 unspecified atom stereocenters. The van der Waals surface area contributed by atoms with Gasteiger partial charge in [-0.15, -0.1) is 0 Å². The van der Waals surface area contributed by atoms with Crippen LogP contribution in [0.4, 0.5) is 0 Å². The second-order valence-electron chi connectivity index (χ2n) is 5.09. The van der Waals surface area contributed by atoms with E-state index in [1.807, 2.05) is 31.2 Å². The van der Waals surface area contributed by atoms with Crippen LogP contribution in [-0.2, 0) is 9.53 Å². The highest BCUT2D eigenvalue weighted by atomic mass is 79.9. The Morgan fingerprint density at radius 1 is 1.17 bits per heavy atom. The maximum atomic E-state index is 12.0. The lowest BCUT2D eigenvalue weighted by atomic mass is 10.1. The summed E-state index contributed by atoms with van der Waals surface area (Å²) in [6.07, 6.45) is 1.71. The first-order chi connectivity index (χ1) is 11.1. The molecule has 1 heterocycles. The van der Waals surface area contributed by atoms with Crippen LogP contribution in [0.15, 0.2) is 57.6 Å². The largest absolute Gasteiger partial charge is 0.497 e. The average molecular weight is 372 g/mol. The van der Waals surface area contributed by atoms with E-state index in [-0.39, 0.29) is 11.6 Å². The van der Waals surface area contributed by atoms with Crippen molar-refractivity contribution < 1.29 is 14.3 Å². The Morgan fingerprint density at radius 3 is 2.57 bits per heavy atom. The van der Waals surface area contributed by atoms with E-state index in [4.69, 9.17) is 9.47 Å². The van der Waals surface area contributed by atoms with Gasteiger partial charge < -0.3 is 9.47 Å². The minimum absolute atomic E-state index is 0.280. The Kier molecular flexibility index (Phi) is 4.30. The van der Waals surface area contributed by atoms with E-state index in [0.29, 0.717) is 11.3 Å². The number of esters is 1. The summed E-state index contributed by atoms with van der Waals surface area (Å²) in [5, 5.41) is 0. The van der Waals surface area contributed by atoms with E-state index in [1.165, 1.54) is 0 Å². The number of nitrogens with zero attached hydrogens (tertiary/aromatic N) is 1. The first-order valence-electron chi connectivity index (χ1n) is 7.00. The number of benzene rings is 2. The number of methoxy groups -OCH3 is 1. The number of halogens is 1. The molecule has 0 radical (unpaired) electrons. The van der Waals surface area contributed by atoms with E-state index >= 15 is 0 Å². The molecule has 23 heavy (non-hydrogen) atoms. The Bertz CT molecular complexity index is 823. The van der Waals surface area contributed by atoms with Crippen LogP contribution in [0.2, 0.25) is 0 Å². The predicted octanol–water partition coefficient (Wildman–Crippen LogP) is 4.11. The lowest BCUT2D eigenvalue weighted by Crippen LogP contribution is -2.06. The third-order valence-electron chi connectivity index (χ3n) is 3.41. The van der Waals surface area contributed by atoms with Gasteiger partial charge in [-0.2, -0.15) is 0 Å². The second kappa shape index (κ2) is 6.38. The van der Waals surface area contributed by atoms with Gasteiger partial charge in [-0.05, 0) is 52.7 Å². The first kappa shape index (κ1) is 15.5. The summed E-state index contributed by atoms with van der Waals surface area (Å²) >= 11 is 3.44. The third-order valence-corrected chi connectivity index (χ3v) is 4.06. The molecule has 0 bridgehead atoms. The molecule has 0 spiro atoms. The van der Waals surface area contributed by atoms with Crippen molar-refractivity contribution in [1.82, 2.24) is 0 Å². The van der Waals surface area contributed by atoms with E-state index in [1.54, 1.807) is 31.4 Å². The van der Waals surface area contributed by atoms with Crippen molar-refractivity contribution in [3.8, 4) is 5.75 Å². The van der Waals surface area contributed by atoms with Gasteiger partial charge in [0.05, 0.1) is 12.7 Å². The molecule has 0 aromatic heterocycles. The third kappa shape index (κ3) is 3.35. The zero-order valence-corrected chi connectivity index (χ0v) is 14.3. The molecule has 5 heteroatoms. The van der Waals surface area contributed by atoms with Crippen molar-refractivity contribution in [2.45, 2.75) is 6.92 Å². The second-order valence-corrected chi connectivity index (χ2v) is 5.95. The van der Waals surface area contributed by atoms with Crippen molar-refractivity contribution in [3.05, 3.63) is 69.3 Å². The summed E-state index contributed by atoms with van der Waals surface area (Å²) in [5.41, 5.74) is 3.05. The summed E-state index contributed by atoms with van der Waals surface area (Å²) in [4.78, 5) is 16.3. The van der Waals surface area contributed by atoms with Crippen LogP contribution in [0, 0.1) is 6.92 Å². The molecule has 0 N–H and O–H groups in total. The molecule has 1 aliphatic heterocycles. The molecule has 116 valence electrons. The van der Waals surface area contributed by atoms with E-state index in [9.17, 15) is 4.79 Å². The minimum Gasteiger partial charge on any atom is -0.497 e. The Morgan fingerprint density at radius 2 is 1.91 bits per heavy atom. The van der Waals surface area contributed by atoms with Gasteiger partial charge >= 0.3 is 5.97 Å². The van der Waals surface area contributed by atoms with Gasteiger partial charge in [0, 0.05) is 4.47 Å². The SMILES string of the molecule is COc1ccc(C2=NC(=Cc3ccc(C)cc3)C(=O)O2)c(Br)c1. The lowest BCUT2D eigenvalue weighted by molar-refractivity contribution is -0.129. The van der Waals surface area contributed by atoms with Gasteiger partial charge in [0.15, 0.2) is 5.70 Å². The van der Waals surface area contributed by atoms with Crippen LogP contribution in [0.1, 0.15) is 16.7 Å². The molecular weight excluding hydrogens is 358 g/mol. The van der Waals surface area contributed by atoms with Crippen LogP contribution in [0.3, 0.4) is 0 Å². The summed E-state index contributed by atoms with van der Waals surface area (Å²) in [5.74, 6) is 0.534. The van der Waals surface area contributed by atoms with E-state index in [2.05, 4.69) is 20.9 Å². The summed E-state index contributed by atoms with van der Waals surface area (Å²) < 4.78 is 11.2. The van der Waals surface area contributed by atoms with Gasteiger partial charge in [-0.3, -0.25) is 0 Å². The molecule has 2 aromatic rings. The van der Waals surface area contributed by atoms with Gasteiger partial charge in [-0.1, -0.05) is 29.8 Å². The van der Waals surface area contributed by atoms with Crippen molar-refractivity contribution in [3.63, 3.8) is 0 Å². The minimum atomic E-state index is -0.455. The average Bonchev–Trinajstić information content (AvgIpc) is 2.90. The number of cyclic esters (lactones) is 1. The molecule has 0 fully saturated rings. The topological polar surface area (TPSA) is 47.9 Å². The zero-order valence-electron chi connectivity index (χ0n) is 12.7. The molecule has 4 nitrogen and oxygen atoms in total. The Hall–Kier alpha value is -2.40. The molecule has 0 saturated heterocycles. The highest BCUT2D eigenvalue weighted by molar-refractivity contribution is 9.10. The van der Waals surface area contributed by atoms with Crippen LogP contribution in [-0.4, -0.2) is 19.0 Å². The zero-order chi connectivity index (χ0) is 16.4. The molecule has 0 saturated carbocycles. The summed E-state index contributed by atoms with van der Waals surface area (Å²) in [7, 11) is 1.59. The van der Waals surface area contributed by atoms with Crippen LogP contribution in [0.5, 0.6) is 5.75 Å². The Labute approximate surface area is 142 Å². The number of hydrogen-bond acceptors (Lipinski definition) is 4. The van der Waals surface area contributed by atoms with Gasteiger partial charge in [0.25, 0.3) is 0 Å². The highest BCUT2D eigenvalue weighted by Crippen LogP contribution is 2.27. The van der Waals surface area contributed by atoms with Crippen molar-refractivity contribution in [2.75, 3.05) is 7.11 Å². The lowest BCUT2D eigenvalue weighted by Gasteiger charge is -2.05. The number of aryl methyl sites for hydroxylation is 1. The fourth-order valence-electron chi connectivity index (χ4n) is 2.14. The quantitative estimate of drug-likeness (QED) is 0.602. The van der Waals surface area contributed by atoms with Crippen LogP contribution < -0.4 is 4.74 Å². The standard InChI is InChI=1S/C18H14BrNO3/c1-11-3-5-12(6-4-11)9-16-18(21)23-17(20-16)14-8-7-13(22-2)10-15(14)19/h3-10H,1-2H3. The molecule has 0 atom stereocenters. The maximum absolute atomic E-state index is 12.0. The summed E-state index contributed by atoms with van der Waals surface area (Å²) in [6, 6.07) is 13.2. The number of carbonyl (C=O) groups is 1. The smallest absolute Gasteiger partial charge is 0.363 e. The molecule has 1 aliphatic rings. The van der Waals surface area contributed by atoms with Crippen molar-refractivity contribution >= 4 is 33.9 Å². The molecule has 0 aliphatic carbocycles. The molecule has 0 amide bonds. The fourth-order valence-corrected chi connectivity index (χ4v) is 2.67. The first-order valence-corrected chi connectivity index (χ1v) is 7.79. The van der Waals surface area contributed by atoms with Gasteiger partial charge in [0.2, 0.25) is 5.90 Å². The highest BCUT2D eigenvalue weighted by Gasteiger charge is 2.25. The molecule has 3 rings (SSSR count). The predicted molar refractivity (Wildman–Crippen MR) is 92.5 cm³/mol. The van der Waals surface area contributed by atoms with Gasteiger partial charge in [0.1, 0.15) is 5.75 Å². The van der Waals surface area contributed by atoms with Gasteiger partial charge in [-0.25, -0.2) is 9.79 Å². The number of ether oxygens (including phenoxy) is 2. The monoisotopic (exact) mass is 371 g/mol.